The Bertz CT molecular complexity index is 1310. The molecule has 32 heavy (non-hydrogen) atoms. The van der Waals surface area contributed by atoms with Gasteiger partial charge in [-0.1, -0.05) is 0 Å². The normalized spacial score (nSPS) is 13.7. The molecule has 1 aliphatic carbocycles. The molecule has 0 spiro atoms. The van der Waals surface area contributed by atoms with Gasteiger partial charge in [0.25, 0.3) is 0 Å². The highest BCUT2D eigenvalue weighted by Gasteiger charge is 2.32. The van der Waals surface area contributed by atoms with Crippen molar-refractivity contribution in [2.24, 2.45) is 0 Å². The number of hydrogen-bond acceptors (Lipinski definition) is 7. The van der Waals surface area contributed by atoms with Crippen molar-refractivity contribution in [2.75, 3.05) is 11.1 Å². The number of pyridine rings is 1. The first-order chi connectivity index (χ1) is 15.4. The van der Waals surface area contributed by atoms with E-state index >= 15 is 0 Å². The van der Waals surface area contributed by atoms with Crippen LogP contribution in [0.15, 0.2) is 36.5 Å². The third-order valence-electron chi connectivity index (χ3n) is 4.85. The number of alkyl halides is 2. The van der Waals surface area contributed by atoms with Gasteiger partial charge < -0.3 is 15.8 Å². The molecule has 1 aliphatic rings. The van der Waals surface area contributed by atoms with E-state index in [1.165, 1.54) is 34.9 Å². The number of nitrogens with zero attached hydrogens (tertiary/aromatic N) is 5. The first kappa shape index (κ1) is 20.0. The van der Waals surface area contributed by atoms with Crippen molar-refractivity contribution in [2.45, 2.75) is 25.4 Å². The number of aromatic nitrogens is 5. The molecule has 0 saturated heterocycles. The van der Waals surface area contributed by atoms with Crippen molar-refractivity contribution in [3.8, 4) is 11.7 Å². The number of rotatable bonds is 6. The summed E-state index contributed by atoms with van der Waals surface area (Å²) in [5.74, 6) is -1.48. The van der Waals surface area contributed by atoms with E-state index in [1.807, 2.05) is 0 Å². The number of fused-ring (bicyclic) bond motifs is 1. The van der Waals surface area contributed by atoms with Crippen molar-refractivity contribution in [1.82, 2.24) is 24.5 Å². The predicted molar refractivity (Wildman–Crippen MR) is 107 cm³/mol. The predicted octanol–water partition coefficient (Wildman–Crippen LogP) is 4.29. The lowest BCUT2D eigenvalue weighted by Gasteiger charge is -2.13. The maximum Gasteiger partial charge on any atom is 0.387 e. The standard InChI is InChI=1S/C20H15F4N7O/c21-10-7-13-16(26-8-10)29-18(9-1-2-9)31(13)20-28-15(25)14(22)17(30-20)27-11-3-5-12(6-4-11)32-19(23)24/h3-9,19H,1-2H2,(H3,25,27,28,30). The Kier molecular flexibility index (Phi) is 4.76. The molecular formula is C20H15F4N7O. The van der Waals surface area contributed by atoms with E-state index in [-0.39, 0.29) is 23.4 Å². The number of benzene rings is 1. The number of nitrogens with one attached hydrogen (secondary N) is 1. The highest BCUT2D eigenvalue weighted by Crippen LogP contribution is 2.41. The zero-order valence-electron chi connectivity index (χ0n) is 16.3. The molecule has 0 bridgehead atoms. The van der Waals surface area contributed by atoms with Gasteiger partial charge in [-0.15, -0.1) is 0 Å². The molecule has 1 fully saturated rings. The lowest BCUT2D eigenvalue weighted by molar-refractivity contribution is -0.0498. The first-order valence-electron chi connectivity index (χ1n) is 9.58. The summed E-state index contributed by atoms with van der Waals surface area (Å²) in [7, 11) is 0. The van der Waals surface area contributed by atoms with Crippen molar-refractivity contribution in [3.05, 3.63) is 54.0 Å². The van der Waals surface area contributed by atoms with Crippen LogP contribution in [0.4, 0.5) is 34.9 Å². The molecule has 0 amide bonds. The van der Waals surface area contributed by atoms with Crippen LogP contribution < -0.4 is 15.8 Å². The van der Waals surface area contributed by atoms with Crippen LogP contribution in [0.3, 0.4) is 0 Å². The topological polar surface area (TPSA) is 104 Å². The second kappa shape index (κ2) is 7.62. The van der Waals surface area contributed by atoms with E-state index in [2.05, 4.69) is 30.0 Å². The first-order valence-corrected chi connectivity index (χ1v) is 9.58. The van der Waals surface area contributed by atoms with Gasteiger partial charge in [0.2, 0.25) is 11.8 Å². The van der Waals surface area contributed by atoms with Gasteiger partial charge in [0, 0.05) is 17.7 Å². The monoisotopic (exact) mass is 445 g/mol. The van der Waals surface area contributed by atoms with Crippen molar-refractivity contribution >= 4 is 28.5 Å². The molecule has 12 heteroatoms. The maximum atomic E-state index is 14.7. The minimum atomic E-state index is -2.96. The average molecular weight is 445 g/mol. The summed E-state index contributed by atoms with van der Waals surface area (Å²) in [6.07, 6.45) is 2.84. The molecule has 1 saturated carbocycles. The number of anilines is 3. The lowest BCUT2D eigenvalue weighted by Crippen LogP contribution is -2.11. The number of halogens is 4. The summed E-state index contributed by atoms with van der Waals surface area (Å²) < 4.78 is 59.0. The summed E-state index contributed by atoms with van der Waals surface area (Å²) in [6.45, 7) is -2.96. The summed E-state index contributed by atoms with van der Waals surface area (Å²) in [5, 5.41) is 2.75. The van der Waals surface area contributed by atoms with Gasteiger partial charge in [0.1, 0.15) is 17.4 Å². The van der Waals surface area contributed by atoms with Gasteiger partial charge in [-0.05, 0) is 37.1 Å². The van der Waals surface area contributed by atoms with Crippen LogP contribution in [-0.4, -0.2) is 31.1 Å². The SMILES string of the molecule is Nc1nc(-n2c(C3CC3)nc3ncc(F)cc32)nc(Nc2ccc(OC(F)F)cc2)c1F. The number of nitrogens with two attached hydrogens (primary N) is 1. The van der Waals surface area contributed by atoms with Crippen molar-refractivity contribution < 1.29 is 22.3 Å². The fourth-order valence-electron chi connectivity index (χ4n) is 3.27. The summed E-state index contributed by atoms with van der Waals surface area (Å²) in [6, 6.07) is 6.66. The Labute approximate surface area is 178 Å². The van der Waals surface area contributed by atoms with Gasteiger partial charge in [0.05, 0.1) is 11.7 Å². The molecule has 0 aliphatic heterocycles. The van der Waals surface area contributed by atoms with Gasteiger partial charge in [0.15, 0.2) is 17.3 Å². The number of imidazole rings is 1. The Balaban J connectivity index is 1.56. The molecular weight excluding hydrogens is 430 g/mol. The van der Waals surface area contributed by atoms with Crippen LogP contribution in [0.2, 0.25) is 0 Å². The van der Waals surface area contributed by atoms with Crippen LogP contribution in [0.5, 0.6) is 5.75 Å². The average Bonchev–Trinajstić information content (AvgIpc) is 3.53. The Hall–Kier alpha value is -3.96. The second-order valence-corrected chi connectivity index (χ2v) is 7.18. The van der Waals surface area contributed by atoms with E-state index in [1.54, 1.807) is 0 Å². The van der Waals surface area contributed by atoms with E-state index in [0.717, 1.165) is 19.0 Å². The summed E-state index contributed by atoms with van der Waals surface area (Å²) >= 11 is 0. The molecule has 8 nitrogen and oxygen atoms in total. The molecule has 3 heterocycles. The minimum Gasteiger partial charge on any atom is -0.435 e. The molecule has 1 aromatic carbocycles. The quantitative estimate of drug-likeness (QED) is 0.427. The van der Waals surface area contributed by atoms with Crippen molar-refractivity contribution in [1.29, 1.82) is 0 Å². The number of ether oxygens (including phenoxy) is 1. The fraction of sp³-hybridized carbons (Fsp3) is 0.200. The zero-order valence-corrected chi connectivity index (χ0v) is 16.3. The van der Waals surface area contributed by atoms with E-state index in [4.69, 9.17) is 5.73 Å². The molecule has 164 valence electrons. The molecule has 3 N–H and O–H groups in total. The van der Waals surface area contributed by atoms with Gasteiger partial charge in [-0.2, -0.15) is 23.1 Å². The number of nitrogen functional groups attached to an aromatic ring is 1. The highest BCUT2D eigenvalue weighted by atomic mass is 19.3. The molecule has 0 radical (unpaired) electrons. The van der Waals surface area contributed by atoms with E-state index in [9.17, 15) is 17.6 Å². The summed E-state index contributed by atoms with van der Waals surface area (Å²) in [5.41, 5.74) is 6.77. The summed E-state index contributed by atoms with van der Waals surface area (Å²) in [4.78, 5) is 16.7. The smallest absolute Gasteiger partial charge is 0.387 e. The second-order valence-electron chi connectivity index (χ2n) is 7.18. The van der Waals surface area contributed by atoms with Gasteiger partial charge in [-0.25, -0.2) is 14.4 Å². The van der Waals surface area contributed by atoms with Crippen LogP contribution in [0.25, 0.3) is 17.1 Å². The zero-order chi connectivity index (χ0) is 22.4. The third kappa shape index (κ3) is 3.74. The van der Waals surface area contributed by atoms with Gasteiger partial charge in [-0.3, -0.25) is 4.57 Å². The van der Waals surface area contributed by atoms with Crippen molar-refractivity contribution in [3.63, 3.8) is 0 Å². The van der Waals surface area contributed by atoms with Crippen LogP contribution >= 0.6 is 0 Å². The van der Waals surface area contributed by atoms with E-state index in [0.29, 0.717) is 22.7 Å². The molecule has 4 aromatic rings. The highest BCUT2D eigenvalue weighted by molar-refractivity contribution is 5.74. The fourth-order valence-corrected chi connectivity index (χ4v) is 3.27. The van der Waals surface area contributed by atoms with Crippen LogP contribution in [-0.2, 0) is 0 Å². The third-order valence-corrected chi connectivity index (χ3v) is 4.85. The molecule has 5 rings (SSSR count). The Morgan fingerprint density at radius 3 is 2.53 bits per heavy atom. The molecule has 0 unspecified atom stereocenters. The maximum absolute atomic E-state index is 14.7. The lowest BCUT2D eigenvalue weighted by atomic mass is 10.3. The number of hydrogen-bond donors (Lipinski definition) is 2. The molecule has 0 atom stereocenters. The van der Waals surface area contributed by atoms with Gasteiger partial charge >= 0.3 is 6.61 Å². The largest absolute Gasteiger partial charge is 0.435 e. The minimum absolute atomic E-state index is 0.000791. The van der Waals surface area contributed by atoms with Crippen LogP contribution in [0.1, 0.15) is 24.6 Å². The Morgan fingerprint density at radius 2 is 1.84 bits per heavy atom. The molecule has 3 aromatic heterocycles. The van der Waals surface area contributed by atoms with Crippen LogP contribution in [0, 0.1) is 11.6 Å². The Morgan fingerprint density at radius 1 is 1.09 bits per heavy atom. The van der Waals surface area contributed by atoms with E-state index < -0.39 is 24.1 Å².